The van der Waals surface area contributed by atoms with E-state index in [1.807, 2.05) is 54.8 Å². The van der Waals surface area contributed by atoms with Gasteiger partial charge in [-0.3, -0.25) is 9.59 Å². The number of fused-ring (bicyclic) bond motifs is 3. The Bertz CT molecular complexity index is 1290. The second-order valence-electron chi connectivity index (χ2n) is 7.78. The van der Waals surface area contributed by atoms with E-state index in [1.165, 1.54) is 10.2 Å². The molecule has 0 bridgehead atoms. The first-order valence-corrected chi connectivity index (χ1v) is 10.3. The lowest BCUT2D eigenvalue weighted by Gasteiger charge is -2.13. The molecule has 0 fully saturated rings. The van der Waals surface area contributed by atoms with Crippen molar-refractivity contribution in [3.8, 4) is 0 Å². The lowest BCUT2D eigenvalue weighted by Crippen LogP contribution is -2.38. The van der Waals surface area contributed by atoms with Gasteiger partial charge in [0.15, 0.2) is 0 Å². The maximum atomic E-state index is 13.4. The van der Waals surface area contributed by atoms with Crippen LogP contribution in [0.4, 0.5) is 0 Å². The van der Waals surface area contributed by atoms with Gasteiger partial charge in [0.25, 0.3) is 5.56 Å². The van der Waals surface area contributed by atoms with E-state index in [1.54, 1.807) is 6.20 Å². The molecule has 0 spiro atoms. The number of nitrogens with zero attached hydrogens (tertiary/aromatic N) is 3. The predicted octanol–water partition coefficient (Wildman–Crippen LogP) is 3.62. The fourth-order valence-corrected chi connectivity index (χ4v) is 3.79. The Morgan fingerprint density at radius 2 is 1.83 bits per heavy atom. The summed E-state index contributed by atoms with van der Waals surface area (Å²) in [7, 11) is 0. The van der Waals surface area contributed by atoms with Crippen molar-refractivity contribution < 1.29 is 4.79 Å². The monoisotopic (exact) mass is 402 g/mol. The van der Waals surface area contributed by atoms with Crippen LogP contribution in [0.15, 0.2) is 59.5 Å². The molecule has 1 amide bonds. The van der Waals surface area contributed by atoms with Gasteiger partial charge in [-0.05, 0) is 37.5 Å². The molecule has 4 aromatic rings. The minimum atomic E-state index is -0.253. The maximum Gasteiger partial charge on any atom is 0.291 e. The molecule has 6 nitrogen and oxygen atoms in total. The number of nitrogens with one attached hydrogen (secondary N) is 1. The third-order valence-corrected chi connectivity index (χ3v) is 5.68. The van der Waals surface area contributed by atoms with Crippen molar-refractivity contribution in [3.63, 3.8) is 0 Å². The minimum absolute atomic E-state index is 0.0597. The molecule has 0 aliphatic rings. The molecule has 0 aliphatic heterocycles. The van der Waals surface area contributed by atoms with Crippen LogP contribution in [-0.2, 0) is 17.9 Å². The number of aryl methyl sites for hydroxylation is 1. The summed E-state index contributed by atoms with van der Waals surface area (Å²) in [5.41, 5.74) is 3.63. The number of aromatic nitrogens is 3. The van der Waals surface area contributed by atoms with E-state index in [9.17, 15) is 9.59 Å². The topological polar surface area (TPSA) is 68.9 Å². The van der Waals surface area contributed by atoms with Crippen LogP contribution in [0.25, 0.3) is 21.8 Å². The molecule has 6 heteroatoms. The summed E-state index contributed by atoms with van der Waals surface area (Å²) >= 11 is 0. The molecule has 0 saturated heterocycles. The molecule has 154 valence electrons. The first kappa shape index (κ1) is 19.9. The third-order valence-electron chi connectivity index (χ3n) is 5.68. The van der Waals surface area contributed by atoms with Crippen LogP contribution in [0.2, 0.25) is 0 Å². The van der Waals surface area contributed by atoms with Crippen LogP contribution in [0.5, 0.6) is 0 Å². The third kappa shape index (κ3) is 3.61. The maximum absolute atomic E-state index is 13.4. The Morgan fingerprint density at radius 1 is 1.10 bits per heavy atom. The van der Waals surface area contributed by atoms with Crippen LogP contribution in [0.3, 0.4) is 0 Å². The summed E-state index contributed by atoms with van der Waals surface area (Å²) in [4.78, 5) is 25.7. The Labute approximate surface area is 175 Å². The lowest BCUT2D eigenvalue weighted by molar-refractivity contribution is -0.122. The number of carbonyl (C=O) groups is 1. The number of rotatable bonds is 6. The van der Waals surface area contributed by atoms with Gasteiger partial charge in [0.05, 0.1) is 6.20 Å². The molecule has 2 aromatic carbocycles. The predicted molar refractivity (Wildman–Crippen MR) is 120 cm³/mol. The van der Waals surface area contributed by atoms with Crippen LogP contribution in [0, 0.1) is 6.92 Å². The van der Waals surface area contributed by atoms with Crippen molar-refractivity contribution in [1.29, 1.82) is 0 Å². The van der Waals surface area contributed by atoms with Crippen molar-refractivity contribution in [2.45, 2.75) is 46.3 Å². The Hall–Kier alpha value is -3.41. The van der Waals surface area contributed by atoms with Crippen molar-refractivity contribution in [3.05, 3.63) is 76.2 Å². The van der Waals surface area contributed by atoms with Gasteiger partial charge in [0.2, 0.25) is 5.91 Å². The van der Waals surface area contributed by atoms with Gasteiger partial charge in [0.1, 0.15) is 12.1 Å². The van der Waals surface area contributed by atoms with Gasteiger partial charge < -0.3 is 9.88 Å². The largest absolute Gasteiger partial charge is 0.352 e. The average Bonchev–Trinajstić information content (AvgIpc) is 3.06. The van der Waals surface area contributed by atoms with E-state index in [-0.39, 0.29) is 24.1 Å². The standard InChI is InChI=1S/C24H26N4O2/c1-4-17(3)26-22(29)15-28-24(30)23-20(13-25-28)19-11-7-8-12-21(19)27(23)14-18-10-6-5-9-16(18)2/h5-13,17H,4,14-15H2,1-3H3,(H,26,29). The van der Waals surface area contributed by atoms with E-state index < -0.39 is 0 Å². The van der Waals surface area contributed by atoms with Gasteiger partial charge in [-0.1, -0.05) is 49.4 Å². The first-order chi connectivity index (χ1) is 14.5. The van der Waals surface area contributed by atoms with E-state index >= 15 is 0 Å². The Kier molecular flexibility index (Phi) is 5.40. The van der Waals surface area contributed by atoms with Gasteiger partial charge in [-0.25, -0.2) is 4.68 Å². The normalized spacial score (nSPS) is 12.4. The zero-order valence-electron chi connectivity index (χ0n) is 17.6. The molecular formula is C24H26N4O2. The smallest absolute Gasteiger partial charge is 0.291 e. The van der Waals surface area contributed by atoms with Gasteiger partial charge in [0, 0.05) is 28.9 Å². The molecule has 1 unspecified atom stereocenters. The Morgan fingerprint density at radius 3 is 2.60 bits per heavy atom. The van der Waals surface area contributed by atoms with Crippen LogP contribution in [-0.4, -0.2) is 26.3 Å². The molecule has 0 aliphatic carbocycles. The fourth-order valence-electron chi connectivity index (χ4n) is 3.79. The fraction of sp³-hybridized carbons (Fsp3) is 0.292. The highest BCUT2D eigenvalue weighted by atomic mass is 16.2. The van der Waals surface area contributed by atoms with Gasteiger partial charge in [-0.2, -0.15) is 5.10 Å². The molecule has 1 atom stereocenters. The number of para-hydroxylation sites is 1. The van der Waals surface area contributed by atoms with Crippen LogP contribution in [0.1, 0.15) is 31.4 Å². The number of amides is 1. The highest BCUT2D eigenvalue weighted by Crippen LogP contribution is 2.27. The molecule has 2 aromatic heterocycles. The number of carbonyl (C=O) groups excluding carboxylic acids is 1. The van der Waals surface area contributed by atoms with Crippen LogP contribution < -0.4 is 10.9 Å². The zero-order chi connectivity index (χ0) is 21.3. The number of hydrogen-bond donors (Lipinski definition) is 1. The summed E-state index contributed by atoms with van der Waals surface area (Å²) in [5.74, 6) is -0.208. The SMILES string of the molecule is CCC(C)NC(=O)Cn1ncc2c3ccccc3n(Cc3ccccc3C)c2c1=O. The highest BCUT2D eigenvalue weighted by molar-refractivity contribution is 6.07. The highest BCUT2D eigenvalue weighted by Gasteiger charge is 2.18. The average molecular weight is 402 g/mol. The van der Waals surface area contributed by atoms with E-state index in [0.717, 1.165) is 28.3 Å². The van der Waals surface area contributed by atoms with Crippen molar-refractivity contribution in [2.75, 3.05) is 0 Å². The summed E-state index contributed by atoms with van der Waals surface area (Å²) in [6.07, 6.45) is 2.53. The minimum Gasteiger partial charge on any atom is -0.352 e. The molecule has 4 rings (SSSR count). The number of hydrogen-bond acceptors (Lipinski definition) is 3. The molecule has 2 heterocycles. The summed E-state index contributed by atoms with van der Waals surface area (Å²) in [5, 5.41) is 8.99. The second kappa shape index (κ2) is 8.14. The van der Waals surface area contributed by atoms with Gasteiger partial charge in [-0.15, -0.1) is 0 Å². The van der Waals surface area contributed by atoms with Crippen molar-refractivity contribution >= 4 is 27.7 Å². The second-order valence-corrected chi connectivity index (χ2v) is 7.78. The van der Waals surface area contributed by atoms with E-state index in [2.05, 4.69) is 29.5 Å². The van der Waals surface area contributed by atoms with E-state index in [4.69, 9.17) is 0 Å². The lowest BCUT2D eigenvalue weighted by atomic mass is 10.1. The molecule has 0 saturated carbocycles. The quantitative estimate of drug-likeness (QED) is 0.536. The zero-order valence-corrected chi connectivity index (χ0v) is 17.6. The molecule has 0 radical (unpaired) electrons. The van der Waals surface area contributed by atoms with Crippen molar-refractivity contribution in [2.24, 2.45) is 0 Å². The molecular weight excluding hydrogens is 376 g/mol. The molecule has 1 N–H and O–H groups in total. The van der Waals surface area contributed by atoms with E-state index in [0.29, 0.717) is 12.1 Å². The first-order valence-electron chi connectivity index (χ1n) is 10.3. The molecule has 30 heavy (non-hydrogen) atoms. The summed E-state index contributed by atoms with van der Waals surface area (Å²) in [6, 6.07) is 16.2. The summed E-state index contributed by atoms with van der Waals surface area (Å²) < 4.78 is 3.30. The Balaban J connectivity index is 1.85. The number of benzene rings is 2. The van der Waals surface area contributed by atoms with Crippen molar-refractivity contribution in [1.82, 2.24) is 19.7 Å². The van der Waals surface area contributed by atoms with Crippen LogP contribution >= 0.6 is 0 Å². The summed E-state index contributed by atoms with van der Waals surface area (Å²) in [6.45, 7) is 6.51. The van der Waals surface area contributed by atoms with Gasteiger partial charge >= 0.3 is 0 Å².